The third-order valence-electron chi connectivity index (χ3n) is 2.45. The van der Waals surface area contributed by atoms with Gasteiger partial charge in [0, 0.05) is 31.6 Å². The molecule has 0 aliphatic rings. The van der Waals surface area contributed by atoms with Gasteiger partial charge in [0.2, 0.25) is 5.91 Å². The van der Waals surface area contributed by atoms with E-state index in [-0.39, 0.29) is 5.91 Å². The van der Waals surface area contributed by atoms with Gasteiger partial charge in [-0.3, -0.25) is 4.79 Å². The maximum atomic E-state index is 11.7. The van der Waals surface area contributed by atoms with Gasteiger partial charge >= 0.3 is 0 Å². The summed E-state index contributed by atoms with van der Waals surface area (Å²) >= 11 is 5.89. The molecule has 1 aromatic carbocycles. The molecule has 1 amide bonds. The van der Waals surface area contributed by atoms with E-state index in [0.29, 0.717) is 36.0 Å². The summed E-state index contributed by atoms with van der Waals surface area (Å²) in [7, 11) is 3.19. The first-order chi connectivity index (χ1) is 9.17. The number of carbonyl (C=O) groups excluding carboxylic acids is 1. The second kappa shape index (κ2) is 8.74. The number of rotatable bonds is 8. The number of methoxy groups -OCH3 is 2. The molecule has 0 bridgehead atoms. The fraction of sp³-hybridized carbons (Fsp3) is 0.462. The molecule has 0 spiro atoms. The smallest absolute Gasteiger partial charge is 0.225 e. The second-order valence-corrected chi connectivity index (χ2v) is 4.32. The van der Waals surface area contributed by atoms with Crippen LogP contribution in [0.3, 0.4) is 0 Å². The van der Waals surface area contributed by atoms with Crippen LogP contribution in [0.15, 0.2) is 18.2 Å². The molecule has 0 radical (unpaired) electrons. The molecule has 1 rings (SSSR count). The third-order valence-corrected chi connectivity index (χ3v) is 2.68. The third kappa shape index (κ3) is 5.92. The minimum atomic E-state index is -0.0921. The van der Waals surface area contributed by atoms with Gasteiger partial charge in [0.05, 0.1) is 19.4 Å². The van der Waals surface area contributed by atoms with Crippen molar-refractivity contribution in [2.45, 2.75) is 6.42 Å². The topological polar surface area (TPSA) is 59.6 Å². The number of hydrogen-bond acceptors (Lipinski definition) is 4. The maximum absolute atomic E-state index is 11.7. The molecule has 0 aliphatic carbocycles. The van der Waals surface area contributed by atoms with E-state index in [1.54, 1.807) is 32.4 Å². The lowest BCUT2D eigenvalue weighted by Crippen LogP contribution is -2.24. The summed E-state index contributed by atoms with van der Waals surface area (Å²) in [6.45, 7) is 1.95. The first-order valence-corrected chi connectivity index (χ1v) is 6.38. The molecule has 106 valence electrons. The van der Waals surface area contributed by atoms with Gasteiger partial charge in [0.25, 0.3) is 0 Å². The number of ether oxygens (including phenoxy) is 2. The van der Waals surface area contributed by atoms with Gasteiger partial charge in [-0.05, 0) is 18.2 Å². The monoisotopic (exact) mass is 286 g/mol. The number of carbonyl (C=O) groups is 1. The van der Waals surface area contributed by atoms with E-state index < -0.39 is 0 Å². The highest BCUT2D eigenvalue weighted by atomic mass is 35.5. The Kier molecular flexibility index (Phi) is 7.25. The number of benzene rings is 1. The van der Waals surface area contributed by atoms with Crippen LogP contribution in [0.5, 0.6) is 5.75 Å². The fourth-order valence-corrected chi connectivity index (χ4v) is 1.66. The van der Waals surface area contributed by atoms with Gasteiger partial charge < -0.3 is 20.1 Å². The zero-order valence-electron chi connectivity index (χ0n) is 11.2. The quantitative estimate of drug-likeness (QED) is 0.717. The summed E-state index contributed by atoms with van der Waals surface area (Å²) in [6, 6.07) is 5.09. The molecule has 0 saturated carbocycles. The molecule has 2 N–H and O–H groups in total. The number of halogens is 1. The zero-order valence-corrected chi connectivity index (χ0v) is 11.9. The second-order valence-electron chi connectivity index (χ2n) is 3.89. The number of anilines is 1. The zero-order chi connectivity index (χ0) is 14.1. The highest BCUT2D eigenvalue weighted by molar-refractivity contribution is 6.31. The Balaban J connectivity index is 2.41. The summed E-state index contributed by atoms with van der Waals surface area (Å²) in [5.74, 6) is 0.496. The molecule has 0 aromatic heterocycles. The van der Waals surface area contributed by atoms with E-state index >= 15 is 0 Å². The molecular formula is C13H19ClN2O3. The number of amides is 1. The van der Waals surface area contributed by atoms with Crippen LogP contribution in [-0.2, 0) is 9.53 Å². The van der Waals surface area contributed by atoms with Crippen molar-refractivity contribution in [3.8, 4) is 5.75 Å². The SMILES string of the molecule is COCCNCCC(=O)Nc1cc(Cl)ccc1OC. The Morgan fingerprint density at radius 2 is 2.11 bits per heavy atom. The van der Waals surface area contributed by atoms with E-state index in [4.69, 9.17) is 21.1 Å². The van der Waals surface area contributed by atoms with Gasteiger partial charge in [0.1, 0.15) is 5.75 Å². The van der Waals surface area contributed by atoms with Crippen LogP contribution in [0.2, 0.25) is 5.02 Å². The van der Waals surface area contributed by atoms with Gasteiger partial charge in [-0.25, -0.2) is 0 Å². The molecule has 0 saturated heterocycles. The average Bonchev–Trinajstić information content (AvgIpc) is 2.39. The fourth-order valence-electron chi connectivity index (χ4n) is 1.49. The molecule has 0 aliphatic heterocycles. The van der Waals surface area contributed by atoms with E-state index in [2.05, 4.69) is 10.6 Å². The molecule has 19 heavy (non-hydrogen) atoms. The lowest BCUT2D eigenvalue weighted by Gasteiger charge is -2.10. The van der Waals surface area contributed by atoms with Crippen molar-refractivity contribution in [2.75, 3.05) is 39.2 Å². The van der Waals surface area contributed by atoms with Crippen molar-refractivity contribution in [1.82, 2.24) is 5.32 Å². The normalized spacial score (nSPS) is 10.3. The van der Waals surface area contributed by atoms with Crippen LogP contribution in [0, 0.1) is 0 Å². The van der Waals surface area contributed by atoms with Gasteiger partial charge in [-0.15, -0.1) is 0 Å². The number of nitrogens with one attached hydrogen (secondary N) is 2. The Morgan fingerprint density at radius 3 is 2.79 bits per heavy atom. The van der Waals surface area contributed by atoms with Crippen molar-refractivity contribution >= 4 is 23.2 Å². The van der Waals surface area contributed by atoms with Crippen LogP contribution >= 0.6 is 11.6 Å². The first-order valence-electron chi connectivity index (χ1n) is 6.00. The Hall–Kier alpha value is -1.30. The summed E-state index contributed by atoms with van der Waals surface area (Å²) in [5.41, 5.74) is 0.580. The van der Waals surface area contributed by atoms with E-state index in [1.807, 2.05) is 0 Å². The predicted octanol–water partition coefficient (Wildman–Crippen LogP) is 1.91. The van der Waals surface area contributed by atoms with Crippen LogP contribution in [0.25, 0.3) is 0 Å². The lowest BCUT2D eigenvalue weighted by atomic mass is 10.2. The minimum Gasteiger partial charge on any atom is -0.495 e. The molecule has 0 heterocycles. The molecule has 0 atom stereocenters. The predicted molar refractivity (Wildman–Crippen MR) is 76.0 cm³/mol. The van der Waals surface area contributed by atoms with Crippen molar-refractivity contribution in [3.63, 3.8) is 0 Å². The summed E-state index contributed by atoms with van der Waals surface area (Å²) in [5, 5.41) is 6.42. The largest absolute Gasteiger partial charge is 0.495 e. The Labute approximate surface area is 118 Å². The van der Waals surface area contributed by atoms with Crippen LogP contribution in [0.1, 0.15) is 6.42 Å². The summed E-state index contributed by atoms with van der Waals surface area (Å²) < 4.78 is 10.0. The van der Waals surface area contributed by atoms with Crippen LogP contribution in [0.4, 0.5) is 5.69 Å². The lowest BCUT2D eigenvalue weighted by molar-refractivity contribution is -0.116. The van der Waals surface area contributed by atoms with Crippen molar-refractivity contribution in [2.24, 2.45) is 0 Å². The maximum Gasteiger partial charge on any atom is 0.225 e. The molecule has 6 heteroatoms. The van der Waals surface area contributed by atoms with E-state index in [9.17, 15) is 4.79 Å². The molecule has 0 fully saturated rings. The Morgan fingerprint density at radius 1 is 1.32 bits per heavy atom. The average molecular weight is 287 g/mol. The number of hydrogen-bond donors (Lipinski definition) is 2. The molecule has 0 unspecified atom stereocenters. The highest BCUT2D eigenvalue weighted by Gasteiger charge is 2.07. The molecular weight excluding hydrogens is 268 g/mol. The minimum absolute atomic E-state index is 0.0921. The van der Waals surface area contributed by atoms with E-state index in [0.717, 1.165) is 6.54 Å². The molecule has 5 nitrogen and oxygen atoms in total. The summed E-state index contributed by atoms with van der Waals surface area (Å²) in [6.07, 6.45) is 0.374. The first kappa shape index (κ1) is 15.8. The van der Waals surface area contributed by atoms with Crippen LogP contribution in [-0.4, -0.2) is 39.8 Å². The highest BCUT2D eigenvalue weighted by Crippen LogP contribution is 2.27. The Bertz CT molecular complexity index is 413. The van der Waals surface area contributed by atoms with Crippen LogP contribution < -0.4 is 15.4 Å². The van der Waals surface area contributed by atoms with Crippen molar-refractivity contribution < 1.29 is 14.3 Å². The standard InChI is InChI=1S/C13H19ClN2O3/c1-18-8-7-15-6-5-13(17)16-11-9-10(14)3-4-12(11)19-2/h3-4,9,15H,5-8H2,1-2H3,(H,16,17). The van der Waals surface area contributed by atoms with Crippen molar-refractivity contribution in [1.29, 1.82) is 0 Å². The summed E-state index contributed by atoms with van der Waals surface area (Å²) in [4.78, 5) is 11.7. The van der Waals surface area contributed by atoms with E-state index in [1.165, 1.54) is 0 Å². The van der Waals surface area contributed by atoms with Crippen molar-refractivity contribution in [3.05, 3.63) is 23.2 Å². The van der Waals surface area contributed by atoms with Gasteiger partial charge in [-0.2, -0.15) is 0 Å². The van der Waals surface area contributed by atoms with Gasteiger partial charge in [-0.1, -0.05) is 11.6 Å². The van der Waals surface area contributed by atoms with Gasteiger partial charge in [0.15, 0.2) is 0 Å². The molecule has 1 aromatic rings.